The molecule has 0 saturated heterocycles. The lowest BCUT2D eigenvalue weighted by atomic mass is 10.1. The molecule has 0 radical (unpaired) electrons. The lowest BCUT2D eigenvalue weighted by molar-refractivity contribution is 1.13. The van der Waals surface area contributed by atoms with E-state index in [1.807, 2.05) is 237 Å². The van der Waals surface area contributed by atoms with Crippen LogP contribution in [0.5, 0.6) is 0 Å². The van der Waals surface area contributed by atoms with Crippen LogP contribution in [-0.4, -0.2) is 65.6 Å². The molecule has 4 aromatic heterocycles. The second-order valence-electron chi connectivity index (χ2n) is 26.0. The highest BCUT2D eigenvalue weighted by Crippen LogP contribution is 2.27. The molecule has 0 bridgehead atoms. The van der Waals surface area contributed by atoms with Crippen molar-refractivity contribution < 1.29 is 0 Å². The van der Waals surface area contributed by atoms with Gasteiger partial charge in [-0.2, -0.15) is 0 Å². The monoisotopic (exact) mass is 1390 g/mol. The van der Waals surface area contributed by atoms with Crippen molar-refractivity contribution in [2.45, 2.75) is 124 Å². The summed E-state index contributed by atoms with van der Waals surface area (Å²) in [5.41, 5.74) is 31.5. The molecular formula is C94H96N12. The van der Waals surface area contributed by atoms with Crippen molar-refractivity contribution >= 4 is 91.2 Å². The van der Waals surface area contributed by atoms with Crippen LogP contribution in [0.2, 0.25) is 0 Å². The quantitative estimate of drug-likeness (QED) is 0.0786. The summed E-state index contributed by atoms with van der Waals surface area (Å²) in [4.78, 5) is 57.1. The number of para-hydroxylation sites is 6. The van der Waals surface area contributed by atoms with Crippen LogP contribution in [0.25, 0.3) is 0 Å². The van der Waals surface area contributed by atoms with E-state index in [0.717, 1.165) is 161 Å². The Kier molecular flexibility index (Phi) is 28.5. The molecular weight excluding hydrogens is 1300 g/mol. The van der Waals surface area contributed by atoms with E-state index in [0.29, 0.717) is 0 Å². The van der Waals surface area contributed by atoms with Gasteiger partial charge < -0.3 is 0 Å². The Labute approximate surface area is 628 Å². The van der Waals surface area contributed by atoms with Crippen molar-refractivity contribution in [3.63, 3.8) is 0 Å². The van der Waals surface area contributed by atoms with Crippen molar-refractivity contribution in [2.24, 2.45) is 39.9 Å². The van der Waals surface area contributed by atoms with Crippen LogP contribution < -0.4 is 0 Å². The minimum absolute atomic E-state index is 0.860. The zero-order valence-electron chi connectivity index (χ0n) is 64.2. The van der Waals surface area contributed by atoms with Gasteiger partial charge in [-0.15, -0.1) is 0 Å². The molecule has 12 aromatic rings. The maximum atomic E-state index is 4.83. The molecule has 532 valence electrons. The van der Waals surface area contributed by atoms with Gasteiger partial charge in [-0.3, -0.25) is 39.9 Å². The smallest absolute Gasteiger partial charge is 0.0849 e. The molecule has 0 N–H and O–H groups in total. The van der Waals surface area contributed by atoms with E-state index in [9.17, 15) is 0 Å². The third-order valence-corrected chi connectivity index (χ3v) is 17.5. The van der Waals surface area contributed by atoms with Crippen LogP contribution in [0, 0.1) is 41.5 Å². The summed E-state index contributed by atoms with van der Waals surface area (Å²) in [6.07, 6.45) is 1.92. The van der Waals surface area contributed by atoms with E-state index in [4.69, 9.17) is 49.9 Å². The molecule has 0 unspecified atom stereocenters. The third kappa shape index (κ3) is 22.9. The Balaban J connectivity index is 0.000000164. The Morgan fingerprint density at radius 3 is 0.708 bits per heavy atom. The molecule has 0 saturated carbocycles. The normalized spacial score (nSPS) is 12.3. The average Bonchev–Trinajstić information content (AvgIpc) is 0.858. The second-order valence-corrected chi connectivity index (χ2v) is 26.0. The zero-order valence-corrected chi connectivity index (χ0v) is 64.2. The van der Waals surface area contributed by atoms with E-state index in [1.54, 1.807) is 0 Å². The fourth-order valence-corrected chi connectivity index (χ4v) is 11.4. The number of hydrogen-bond acceptors (Lipinski definition) is 12. The van der Waals surface area contributed by atoms with E-state index in [-0.39, 0.29) is 0 Å². The minimum atomic E-state index is 0.860. The van der Waals surface area contributed by atoms with Gasteiger partial charge >= 0.3 is 0 Å². The molecule has 0 aliphatic rings. The van der Waals surface area contributed by atoms with Crippen LogP contribution in [-0.2, 0) is 12.8 Å². The maximum Gasteiger partial charge on any atom is 0.0849 e. The number of pyridine rings is 4. The number of aliphatic imine (C=N–C) groups is 8. The van der Waals surface area contributed by atoms with Gasteiger partial charge in [0.1, 0.15) is 0 Å². The van der Waals surface area contributed by atoms with Crippen molar-refractivity contribution in [1.82, 2.24) is 19.9 Å². The first-order chi connectivity index (χ1) is 51.2. The average molecular weight is 1390 g/mol. The number of rotatable bonds is 18. The topological polar surface area (TPSA) is 150 Å². The lowest BCUT2D eigenvalue weighted by Crippen LogP contribution is -2.05. The van der Waals surface area contributed by atoms with Gasteiger partial charge in [-0.1, -0.05) is 183 Å². The number of aromatic nitrogens is 4. The summed E-state index contributed by atoms with van der Waals surface area (Å²) in [5, 5.41) is 0. The van der Waals surface area contributed by atoms with Crippen molar-refractivity contribution in [3.8, 4) is 0 Å². The van der Waals surface area contributed by atoms with Gasteiger partial charge in [0.25, 0.3) is 0 Å². The number of benzene rings is 8. The van der Waals surface area contributed by atoms with Crippen LogP contribution in [0.4, 0.5) is 45.5 Å². The Hall–Kier alpha value is -12.3. The van der Waals surface area contributed by atoms with Crippen LogP contribution in [0.15, 0.2) is 307 Å². The summed E-state index contributed by atoms with van der Waals surface area (Å²) in [7, 11) is 0. The zero-order chi connectivity index (χ0) is 75.5. The summed E-state index contributed by atoms with van der Waals surface area (Å²) < 4.78 is 0. The van der Waals surface area contributed by atoms with Crippen molar-refractivity contribution in [3.05, 3.63) is 357 Å². The first-order valence-electron chi connectivity index (χ1n) is 36.1. The number of aryl methyl sites for hydroxylation is 8. The molecule has 12 heteroatoms. The highest BCUT2D eigenvalue weighted by Gasteiger charge is 2.12. The summed E-state index contributed by atoms with van der Waals surface area (Å²) in [6.45, 7) is 32.7. The largest absolute Gasteiger partial charge is 0.252 e. The number of hydrogen-bond donors (Lipinski definition) is 0. The molecule has 0 fully saturated rings. The summed E-state index contributed by atoms with van der Waals surface area (Å²) >= 11 is 0. The van der Waals surface area contributed by atoms with Gasteiger partial charge in [0.15, 0.2) is 0 Å². The summed E-state index contributed by atoms with van der Waals surface area (Å²) in [6, 6.07) is 89.1. The lowest BCUT2D eigenvalue weighted by Gasteiger charge is -2.08. The Morgan fingerprint density at radius 1 is 0.217 bits per heavy atom. The van der Waals surface area contributed by atoms with Gasteiger partial charge in [-0.25, -0.2) is 19.9 Å². The molecule has 0 atom stereocenters. The molecule has 0 aliphatic heterocycles. The summed E-state index contributed by atoms with van der Waals surface area (Å²) in [5.74, 6) is 0. The van der Waals surface area contributed by atoms with Crippen molar-refractivity contribution in [1.29, 1.82) is 0 Å². The Bertz CT molecular complexity index is 4940. The molecule has 0 spiro atoms. The third-order valence-electron chi connectivity index (χ3n) is 17.5. The van der Waals surface area contributed by atoms with E-state index < -0.39 is 0 Å². The fraction of sp³-hybridized carbons (Fsp3) is 0.191. The number of nitrogens with zero attached hydrogens (tertiary/aromatic N) is 12. The van der Waals surface area contributed by atoms with Gasteiger partial charge in [-0.05, 0) is 252 Å². The van der Waals surface area contributed by atoms with Crippen LogP contribution in [0.3, 0.4) is 0 Å². The van der Waals surface area contributed by atoms with Crippen molar-refractivity contribution in [2.75, 3.05) is 0 Å². The Morgan fingerprint density at radius 2 is 0.443 bits per heavy atom. The van der Waals surface area contributed by atoms with Gasteiger partial charge in [0, 0.05) is 0 Å². The molecule has 0 aliphatic carbocycles. The van der Waals surface area contributed by atoms with Gasteiger partial charge in [0.2, 0.25) is 0 Å². The first-order valence-corrected chi connectivity index (χ1v) is 36.1. The second kappa shape index (κ2) is 38.8. The maximum absolute atomic E-state index is 4.83. The van der Waals surface area contributed by atoms with E-state index >= 15 is 0 Å². The fourth-order valence-electron chi connectivity index (χ4n) is 11.4. The predicted octanol–water partition coefficient (Wildman–Crippen LogP) is 24.4. The predicted molar refractivity (Wildman–Crippen MR) is 451 cm³/mol. The van der Waals surface area contributed by atoms with Crippen LogP contribution >= 0.6 is 0 Å². The molecule has 8 aromatic carbocycles. The SMILES string of the molecule is CC(=Nc1ccc(C)cc1C)c1cccc(C(C)=Nc2ccc(C)cc2C)n1.CC(=Nc1ccccc1)c1cccc(C(C)=Nc2ccccc2)n1.CC(=Nc1ccccc1C)c1cccc(C(C)=Nc2ccccc2C)n1.CCc1ccccc1N=C(C)c1cccc(C(C)=Nc2ccccc2CC)n1. The molecule has 12 rings (SSSR count). The first kappa shape index (κ1) is 77.9. The van der Waals surface area contributed by atoms with E-state index in [2.05, 4.69) is 150 Å². The minimum Gasteiger partial charge on any atom is -0.252 e. The standard InChI is InChI=1S/2C25H27N3.C23H23N3.C21H19N3/c1-16-10-12-22(18(3)14-16)26-20(5)24-8-7-9-25(28-24)21(6)27-23-13-11-17(2)15-19(23)4;1-5-20-12-7-9-14-24(20)26-18(3)22-16-11-17-23(28-22)19(4)27-25-15-10-8-13-21(25)6-2;1-16-10-5-7-12-20(16)24-18(3)22-14-9-15-23(26-22)19(4)25-21-13-8-6-11-17(21)2;1-16(22-18-10-5-3-6-11-18)20-14-9-15-21(24-20)17(2)23-19-12-7-4-8-13-19/h7-15H,1-6H3;7-17H,5-6H2,1-4H3;5-15H,1-4H3;3-15H,1-2H3. The molecule has 106 heavy (non-hydrogen) atoms. The molecule has 12 nitrogen and oxygen atoms in total. The van der Waals surface area contributed by atoms with Crippen LogP contribution in [0.1, 0.15) is 159 Å². The van der Waals surface area contributed by atoms with E-state index in [1.165, 1.54) is 33.4 Å². The highest BCUT2D eigenvalue weighted by molar-refractivity contribution is 6.05. The van der Waals surface area contributed by atoms with Gasteiger partial charge in [0.05, 0.1) is 137 Å². The molecule has 0 amide bonds. The molecule has 4 heterocycles. The highest BCUT2D eigenvalue weighted by atomic mass is 14.9.